The third-order valence-corrected chi connectivity index (χ3v) is 3.24. The Morgan fingerprint density at radius 1 is 1.33 bits per heavy atom. The minimum Gasteiger partial charge on any atom is -0.508 e. The summed E-state index contributed by atoms with van der Waals surface area (Å²) in [7, 11) is 0. The fourth-order valence-corrected chi connectivity index (χ4v) is 2.22. The number of hydrogen-bond acceptors (Lipinski definition) is 3. The smallest absolute Gasteiger partial charge is 0.230 e. The number of carbonyl (C=O) groups is 1. The van der Waals surface area contributed by atoms with E-state index in [0.717, 1.165) is 16.9 Å². The molecule has 0 fully saturated rings. The molecule has 0 unspecified atom stereocenters. The fraction of sp³-hybridized carbons (Fsp3) is 0.125. The first kappa shape index (κ1) is 13.2. The standard InChI is InChI=1S/C16H15N3O2/c1-11-8-13(20)5-6-14(11)18-16(21)9-12-10-19-7-3-2-4-15(19)17-12/h2-8,10,20H,9H2,1H3,(H,18,21). The molecule has 21 heavy (non-hydrogen) atoms. The molecule has 3 aromatic rings. The summed E-state index contributed by atoms with van der Waals surface area (Å²) in [6.45, 7) is 1.83. The normalized spacial score (nSPS) is 10.7. The lowest BCUT2D eigenvalue weighted by atomic mass is 10.2. The van der Waals surface area contributed by atoms with Gasteiger partial charge in [0.2, 0.25) is 5.91 Å². The Hall–Kier alpha value is -2.82. The van der Waals surface area contributed by atoms with Gasteiger partial charge in [-0.25, -0.2) is 4.98 Å². The molecule has 0 aliphatic heterocycles. The summed E-state index contributed by atoms with van der Waals surface area (Å²) in [6.07, 6.45) is 3.95. The summed E-state index contributed by atoms with van der Waals surface area (Å²) < 4.78 is 1.88. The minimum atomic E-state index is -0.132. The van der Waals surface area contributed by atoms with Crippen LogP contribution in [-0.4, -0.2) is 20.4 Å². The van der Waals surface area contributed by atoms with Crippen LogP contribution in [0.25, 0.3) is 5.65 Å². The predicted octanol–water partition coefficient (Wildman–Crippen LogP) is 2.53. The number of rotatable bonds is 3. The van der Waals surface area contributed by atoms with Crippen LogP contribution in [0.1, 0.15) is 11.3 Å². The zero-order valence-electron chi connectivity index (χ0n) is 11.6. The zero-order chi connectivity index (χ0) is 14.8. The number of nitrogens with zero attached hydrogens (tertiary/aromatic N) is 2. The van der Waals surface area contributed by atoms with Gasteiger partial charge in [-0.1, -0.05) is 6.07 Å². The average molecular weight is 281 g/mol. The second-order valence-electron chi connectivity index (χ2n) is 4.92. The van der Waals surface area contributed by atoms with Crippen molar-refractivity contribution in [1.29, 1.82) is 0 Å². The number of imidazole rings is 1. The van der Waals surface area contributed by atoms with Crippen molar-refractivity contribution in [3.8, 4) is 5.75 Å². The van der Waals surface area contributed by atoms with E-state index < -0.39 is 0 Å². The molecule has 0 radical (unpaired) electrons. The maximum Gasteiger partial charge on any atom is 0.230 e. The number of pyridine rings is 1. The van der Waals surface area contributed by atoms with E-state index in [4.69, 9.17) is 0 Å². The maximum atomic E-state index is 12.1. The predicted molar refractivity (Wildman–Crippen MR) is 80.4 cm³/mol. The molecule has 2 heterocycles. The van der Waals surface area contributed by atoms with Crippen molar-refractivity contribution in [1.82, 2.24) is 9.38 Å². The number of aryl methyl sites for hydroxylation is 1. The van der Waals surface area contributed by atoms with Crippen molar-refractivity contribution in [3.63, 3.8) is 0 Å². The summed E-state index contributed by atoms with van der Waals surface area (Å²) in [4.78, 5) is 16.5. The highest BCUT2D eigenvalue weighted by atomic mass is 16.3. The second-order valence-corrected chi connectivity index (χ2v) is 4.92. The monoisotopic (exact) mass is 281 g/mol. The Balaban J connectivity index is 1.74. The van der Waals surface area contributed by atoms with Crippen LogP contribution in [-0.2, 0) is 11.2 Å². The number of carbonyl (C=O) groups excluding carboxylic acids is 1. The topological polar surface area (TPSA) is 66.6 Å². The van der Waals surface area contributed by atoms with Crippen molar-refractivity contribution in [3.05, 3.63) is 60.0 Å². The lowest BCUT2D eigenvalue weighted by Crippen LogP contribution is -2.15. The SMILES string of the molecule is Cc1cc(O)ccc1NC(=O)Cc1cn2ccccc2n1. The summed E-state index contributed by atoms with van der Waals surface area (Å²) >= 11 is 0. The van der Waals surface area contributed by atoms with Crippen molar-refractivity contribution < 1.29 is 9.90 Å². The number of amides is 1. The quantitative estimate of drug-likeness (QED) is 0.725. The molecule has 2 N–H and O–H groups in total. The largest absolute Gasteiger partial charge is 0.508 e. The van der Waals surface area contributed by atoms with Crippen molar-refractivity contribution in [2.45, 2.75) is 13.3 Å². The number of fused-ring (bicyclic) bond motifs is 1. The first-order valence-electron chi connectivity index (χ1n) is 6.64. The van der Waals surface area contributed by atoms with Crippen LogP contribution >= 0.6 is 0 Å². The van der Waals surface area contributed by atoms with E-state index in [1.807, 2.05) is 41.9 Å². The molecule has 0 bridgehead atoms. The van der Waals surface area contributed by atoms with Crippen molar-refractivity contribution in [2.24, 2.45) is 0 Å². The number of nitrogens with one attached hydrogen (secondary N) is 1. The van der Waals surface area contributed by atoms with Crippen LogP contribution in [0, 0.1) is 6.92 Å². The van der Waals surface area contributed by atoms with Gasteiger partial charge < -0.3 is 14.8 Å². The third kappa shape index (κ3) is 2.86. The van der Waals surface area contributed by atoms with Gasteiger partial charge >= 0.3 is 0 Å². The lowest BCUT2D eigenvalue weighted by Gasteiger charge is -2.07. The van der Waals surface area contributed by atoms with Gasteiger partial charge in [-0.15, -0.1) is 0 Å². The number of aromatic hydroxyl groups is 1. The van der Waals surface area contributed by atoms with Crippen LogP contribution in [0.4, 0.5) is 5.69 Å². The minimum absolute atomic E-state index is 0.132. The Morgan fingerprint density at radius 2 is 2.19 bits per heavy atom. The van der Waals surface area contributed by atoms with Gasteiger partial charge in [0.25, 0.3) is 0 Å². The highest BCUT2D eigenvalue weighted by molar-refractivity contribution is 5.92. The third-order valence-electron chi connectivity index (χ3n) is 3.24. The van der Waals surface area contributed by atoms with E-state index in [-0.39, 0.29) is 18.1 Å². The maximum absolute atomic E-state index is 12.1. The van der Waals surface area contributed by atoms with Crippen LogP contribution in [0.15, 0.2) is 48.8 Å². The van der Waals surface area contributed by atoms with Gasteiger partial charge in [-0.2, -0.15) is 0 Å². The number of hydrogen-bond donors (Lipinski definition) is 2. The van der Waals surface area contributed by atoms with E-state index in [2.05, 4.69) is 10.3 Å². The molecule has 0 atom stereocenters. The molecule has 5 heteroatoms. The molecule has 3 rings (SSSR count). The van der Waals surface area contributed by atoms with Gasteiger partial charge in [0.05, 0.1) is 12.1 Å². The van der Waals surface area contributed by atoms with E-state index in [1.165, 1.54) is 0 Å². The van der Waals surface area contributed by atoms with E-state index in [0.29, 0.717) is 5.69 Å². The first-order valence-corrected chi connectivity index (χ1v) is 6.64. The number of phenolic OH excluding ortho intramolecular Hbond substituents is 1. The van der Waals surface area contributed by atoms with Crippen LogP contribution in [0.5, 0.6) is 5.75 Å². The van der Waals surface area contributed by atoms with Crippen LogP contribution < -0.4 is 5.32 Å². The fourth-order valence-electron chi connectivity index (χ4n) is 2.22. The van der Waals surface area contributed by atoms with Gasteiger partial charge in [-0.3, -0.25) is 4.79 Å². The van der Waals surface area contributed by atoms with Gasteiger partial charge in [0, 0.05) is 18.1 Å². The van der Waals surface area contributed by atoms with Crippen LogP contribution in [0.2, 0.25) is 0 Å². The molecule has 1 aromatic carbocycles. The highest BCUT2D eigenvalue weighted by Gasteiger charge is 2.09. The van der Waals surface area contributed by atoms with Gasteiger partial charge in [-0.05, 0) is 42.8 Å². The average Bonchev–Trinajstić information content (AvgIpc) is 2.84. The lowest BCUT2D eigenvalue weighted by molar-refractivity contribution is -0.115. The molecule has 0 aliphatic carbocycles. The number of phenols is 1. The summed E-state index contributed by atoms with van der Waals surface area (Å²) in [5, 5.41) is 12.2. The molecular formula is C16H15N3O2. The Bertz CT molecular complexity index is 775. The molecule has 1 amide bonds. The first-order chi connectivity index (χ1) is 10.1. The molecular weight excluding hydrogens is 266 g/mol. The van der Waals surface area contributed by atoms with Crippen LogP contribution in [0.3, 0.4) is 0 Å². The van der Waals surface area contributed by atoms with E-state index >= 15 is 0 Å². The van der Waals surface area contributed by atoms with E-state index in [1.54, 1.807) is 18.2 Å². The number of aromatic nitrogens is 2. The second kappa shape index (κ2) is 5.28. The highest BCUT2D eigenvalue weighted by Crippen LogP contribution is 2.20. The molecule has 106 valence electrons. The summed E-state index contributed by atoms with van der Waals surface area (Å²) in [6, 6.07) is 10.6. The van der Waals surface area contributed by atoms with E-state index in [9.17, 15) is 9.90 Å². The van der Waals surface area contributed by atoms with Gasteiger partial charge in [0.15, 0.2) is 0 Å². The summed E-state index contributed by atoms with van der Waals surface area (Å²) in [5.74, 6) is 0.0537. The molecule has 0 saturated carbocycles. The Morgan fingerprint density at radius 3 is 2.95 bits per heavy atom. The number of benzene rings is 1. The molecule has 0 saturated heterocycles. The number of anilines is 1. The van der Waals surface area contributed by atoms with Gasteiger partial charge in [0.1, 0.15) is 11.4 Å². The molecule has 0 spiro atoms. The molecule has 2 aromatic heterocycles. The Kier molecular flexibility index (Phi) is 3.31. The zero-order valence-corrected chi connectivity index (χ0v) is 11.6. The molecule has 0 aliphatic rings. The summed E-state index contributed by atoms with van der Waals surface area (Å²) in [5.41, 5.74) is 3.05. The molecule has 5 nitrogen and oxygen atoms in total. The van der Waals surface area contributed by atoms with Crippen molar-refractivity contribution in [2.75, 3.05) is 5.32 Å². The Labute approximate surface area is 121 Å². The van der Waals surface area contributed by atoms with Crippen molar-refractivity contribution >= 4 is 17.2 Å².